The summed E-state index contributed by atoms with van der Waals surface area (Å²) >= 11 is 9.20. The lowest BCUT2D eigenvalue weighted by atomic mass is 9.98. The molecule has 4 heteroatoms. The number of halogens is 3. The van der Waals surface area contributed by atoms with Gasteiger partial charge in [0.1, 0.15) is 5.82 Å². The van der Waals surface area contributed by atoms with Gasteiger partial charge in [0.2, 0.25) is 0 Å². The van der Waals surface area contributed by atoms with Crippen molar-refractivity contribution in [3.8, 4) is 0 Å². The van der Waals surface area contributed by atoms with Crippen LogP contribution in [0.5, 0.6) is 0 Å². The van der Waals surface area contributed by atoms with Crippen molar-refractivity contribution >= 4 is 27.5 Å². The van der Waals surface area contributed by atoms with Gasteiger partial charge in [-0.1, -0.05) is 52.7 Å². The Morgan fingerprint density at radius 2 is 1.90 bits per heavy atom. The molecule has 0 saturated carbocycles. The molecule has 1 N–H and O–H groups in total. The fourth-order valence-electron chi connectivity index (χ4n) is 2.09. The van der Waals surface area contributed by atoms with Gasteiger partial charge in [0, 0.05) is 15.1 Å². The molecule has 0 fully saturated rings. The van der Waals surface area contributed by atoms with E-state index in [0.29, 0.717) is 10.6 Å². The van der Waals surface area contributed by atoms with Crippen LogP contribution in [0.25, 0.3) is 0 Å². The highest BCUT2D eigenvalue weighted by molar-refractivity contribution is 9.10. The Morgan fingerprint density at radius 1 is 1.20 bits per heavy atom. The summed E-state index contributed by atoms with van der Waals surface area (Å²) in [6, 6.07) is 12.5. The maximum Gasteiger partial charge on any atom is 0.129 e. The van der Waals surface area contributed by atoms with E-state index in [2.05, 4.69) is 28.2 Å². The second kappa shape index (κ2) is 7.21. The molecule has 106 valence electrons. The van der Waals surface area contributed by atoms with Crippen molar-refractivity contribution in [3.05, 3.63) is 68.9 Å². The molecule has 0 aliphatic carbocycles. The van der Waals surface area contributed by atoms with E-state index >= 15 is 0 Å². The van der Waals surface area contributed by atoms with Gasteiger partial charge < -0.3 is 5.32 Å². The van der Waals surface area contributed by atoms with Gasteiger partial charge >= 0.3 is 0 Å². The lowest BCUT2D eigenvalue weighted by Gasteiger charge is -2.20. The fraction of sp³-hybridized carbons (Fsp3) is 0.250. The molecule has 0 amide bonds. The van der Waals surface area contributed by atoms with E-state index in [9.17, 15) is 4.39 Å². The molecule has 0 aliphatic heterocycles. The van der Waals surface area contributed by atoms with Crippen LogP contribution in [0.15, 0.2) is 46.9 Å². The van der Waals surface area contributed by atoms with Crippen molar-refractivity contribution in [2.45, 2.75) is 19.4 Å². The van der Waals surface area contributed by atoms with Crippen LogP contribution in [-0.4, -0.2) is 6.54 Å². The molecule has 2 aromatic carbocycles. The highest BCUT2D eigenvalue weighted by Gasteiger charge is 2.17. The minimum absolute atomic E-state index is 0.166. The Hall–Kier alpha value is -0.900. The van der Waals surface area contributed by atoms with Crippen molar-refractivity contribution in [1.82, 2.24) is 5.32 Å². The van der Waals surface area contributed by atoms with E-state index in [1.165, 1.54) is 6.07 Å². The molecule has 2 aromatic rings. The van der Waals surface area contributed by atoms with E-state index in [1.54, 1.807) is 6.07 Å². The molecule has 1 nitrogen and oxygen atoms in total. The summed E-state index contributed by atoms with van der Waals surface area (Å²) in [5, 5.41) is 4.06. The summed E-state index contributed by atoms with van der Waals surface area (Å²) in [5.74, 6) is -0.220. The maximum absolute atomic E-state index is 14.2. The van der Waals surface area contributed by atoms with Gasteiger partial charge in [-0.25, -0.2) is 4.39 Å². The third-order valence-electron chi connectivity index (χ3n) is 3.08. The van der Waals surface area contributed by atoms with Gasteiger partial charge in [0.15, 0.2) is 0 Å². The normalized spacial score (nSPS) is 12.4. The molecule has 2 rings (SSSR count). The minimum Gasteiger partial charge on any atom is -0.306 e. The van der Waals surface area contributed by atoms with Crippen molar-refractivity contribution in [3.63, 3.8) is 0 Å². The summed E-state index contributed by atoms with van der Waals surface area (Å²) in [7, 11) is 0. The topological polar surface area (TPSA) is 12.0 Å². The van der Waals surface area contributed by atoms with Crippen LogP contribution in [0, 0.1) is 5.82 Å². The van der Waals surface area contributed by atoms with E-state index in [4.69, 9.17) is 11.6 Å². The molecule has 0 aliphatic rings. The van der Waals surface area contributed by atoms with Crippen molar-refractivity contribution in [2.75, 3.05) is 6.54 Å². The molecular weight excluding hydrogens is 341 g/mol. The van der Waals surface area contributed by atoms with Gasteiger partial charge in [-0.2, -0.15) is 0 Å². The second-order valence-corrected chi connectivity index (χ2v) is 5.96. The van der Waals surface area contributed by atoms with Gasteiger partial charge in [0.05, 0.1) is 6.04 Å². The van der Waals surface area contributed by atoms with E-state index < -0.39 is 0 Å². The molecule has 0 heterocycles. The maximum atomic E-state index is 14.2. The van der Waals surface area contributed by atoms with Crippen LogP contribution in [0.2, 0.25) is 5.02 Å². The summed E-state index contributed by atoms with van der Waals surface area (Å²) in [5.41, 5.74) is 1.65. The Balaban J connectivity index is 2.38. The molecule has 1 atom stereocenters. The first-order valence-corrected chi connectivity index (χ1v) is 7.72. The molecule has 0 aromatic heterocycles. The van der Waals surface area contributed by atoms with Crippen LogP contribution in [0.1, 0.15) is 30.5 Å². The van der Waals surface area contributed by atoms with Crippen LogP contribution in [0.3, 0.4) is 0 Å². The SMILES string of the molecule is CCCNC(c1ccc(Cl)cc1)c1ccc(Br)cc1F. The lowest BCUT2D eigenvalue weighted by molar-refractivity contribution is 0.546. The molecular formula is C16H16BrClFN. The smallest absolute Gasteiger partial charge is 0.129 e. The van der Waals surface area contributed by atoms with Gasteiger partial charge in [0.25, 0.3) is 0 Å². The lowest BCUT2D eigenvalue weighted by Crippen LogP contribution is -2.24. The van der Waals surface area contributed by atoms with Crippen LogP contribution >= 0.6 is 27.5 Å². The molecule has 0 bridgehead atoms. The highest BCUT2D eigenvalue weighted by Crippen LogP contribution is 2.27. The number of benzene rings is 2. The molecule has 1 unspecified atom stereocenters. The number of hydrogen-bond acceptors (Lipinski definition) is 1. The monoisotopic (exact) mass is 355 g/mol. The quantitative estimate of drug-likeness (QED) is 0.763. The third-order valence-corrected chi connectivity index (χ3v) is 3.82. The predicted molar refractivity (Wildman–Crippen MR) is 85.7 cm³/mol. The summed E-state index contributed by atoms with van der Waals surface area (Å²) < 4.78 is 14.9. The second-order valence-electron chi connectivity index (χ2n) is 4.60. The van der Waals surface area contributed by atoms with Crippen molar-refractivity contribution in [2.24, 2.45) is 0 Å². The first-order valence-electron chi connectivity index (χ1n) is 6.55. The molecule has 0 radical (unpaired) electrons. The Kier molecular flexibility index (Phi) is 5.58. The fourth-order valence-corrected chi connectivity index (χ4v) is 2.55. The zero-order chi connectivity index (χ0) is 14.5. The zero-order valence-electron chi connectivity index (χ0n) is 11.2. The Bertz CT molecular complexity index is 571. The first-order chi connectivity index (χ1) is 9.61. The zero-order valence-corrected chi connectivity index (χ0v) is 13.5. The van der Waals surface area contributed by atoms with Gasteiger partial charge in [-0.3, -0.25) is 0 Å². The van der Waals surface area contributed by atoms with E-state index in [0.717, 1.165) is 23.0 Å². The molecule has 0 saturated heterocycles. The third kappa shape index (κ3) is 3.81. The van der Waals surface area contributed by atoms with Crippen LogP contribution in [0.4, 0.5) is 4.39 Å². The van der Waals surface area contributed by atoms with Gasteiger partial charge in [-0.05, 0) is 42.8 Å². The molecule has 20 heavy (non-hydrogen) atoms. The number of hydrogen-bond donors (Lipinski definition) is 1. The van der Waals surface area contributed by atoms with Crippen LogP contribution in [-0.2, 0) is 0 Å². The van der Waals surface area contributed by atoms with Crippen molar-refractivity contribution in [1.29, 1.82) is 0 Å². The van der Waals surface area contributed by atoms with Gasteiger partial charge in [-0.15, -0.1) is 0 Å². The average molecular weight is 357 g/mol. The summed E-state index contributed by atoms with van der Waals surface area (Å²) in [6.07, 6.45) is 0.988. The summed E-state index contributed by atoms with van der Waals surface area (Å²) in [6.45, 7) is 2.91. The first kappa shape index (κ1) is 15.5. The number of rotatable bonds is 5. The molecule has 0 spiro atoms. The van der Waals surface area contributed by atoms with E-state index in [1.807, 2.05) is 30.3 Å². The van der Waals surface area contributed by atoms with E-state index in [-0.39, 0.29) is 11.9 Å². The minimum atomic E-state index is -0.220. The Morgan fingerprint density at radius 3 is 2.50 bits per heavy atom. The average Bonchev–Trinajstić information content (AvgIpc) is 2.42. The highest BCUT2D eigenvalue weighted by atomic mass is 79.9. The predicted octanol–water partition coefficient (Wildman–Crippen LogP) is 5.33. The largest absolute Gasteiger partial charge is 0.306 e. The standard InChI is InChI=1S/C16H16BrClFN/c1-2-9-20-16(11-3-6-13(18)7-4-11)14-8-5-12(17)10-15(14)19/h3-8,10,16,20H,2,9H2,1H3. The Labute approximate surface area is 132 Å². The summed E-state index contributed by atoms with van der Waals surface area (Å²) in [4.78, 5) is 0. The van der Waals surface area contributed by atoms with Crippen molar-refractivity contribution < 1.29 is 4.39 Å². The number of nitrogens with one attached hydrogen (secondary N) is 1. The van der Waals surface area contributed by atoms with Crippen LogP contribution < -0.4 is 5.32 Å².